The number of anilines is 1. The number of nitrogens with zero attached hydrogens (tertiary/aromatic N) is 1. The summed E-state index contributed by atoms with van der Waals surface area (Å²) < 4.78 is 12.7. The first kappa shape index (κ1) is 23.4. The van der Waals surface area contributed by atoms with Crippen LogP contribution in [0, 0.1) is 4.77 Å². The van der Waals surface area contributed by atoms with Gasteiger partial charge in [-0.3, -0.25) is 14.2 Å². The number of carbonyl (C=O) groups is 1. The number of nitrogens with one attached hydrogen (secondary N) is 2. The van der Waals surface area contributed by atoms with Crippen molar-refractivity contribution in [3.8, 4) is 5.75 Å². The van der Waals surface area contributed by atoms with E-state index in [0.717, 1.165) is 5.56 Å². The highest BCUT2D eigenvalue weighted by atomic mass is 32.1. The number of benzene rings is 3. The molecule has 0 aliphatic rings. The number of H-pyrrole nitrogens is 1. The Kier molecular flexibility index (Phi) is 7.51. The first-order valence-electron chi connectivity index (χ1n) is 10.9. The van der Waals surface area contributed by atoms with Crippen LogP contribution in [0.1, 0.15) is 22.3 Å². The van der Waals surface area contributed by atoms with E-state index >= 15 is 0 Å². The van der Waals surface area contributed by atoms with Crippen molar-refractivity contribution in [2.75, 3.05) is 19.0 Å². The number of amides is 1. The van der Waals surface area contributed by atoms with Crippen LogP contribution < -0.4 is 15.6 Å². The summed E-state index contributed by atoms with van der Waals surface area (Å²) in [6.07, 6.45) is 0.677. The molecule has 0 unspecified atom stereocenters. The number of carbonyl (C=O) groups excluding carboxylic acids is 1. The second-order valence-corrected chi connectivity index (χ2v) is 8.13. The molecule has 34 heavy (non-hydrogen) atoms. The smallest absolute Gasteiger partial charge is 0.262 e. The van der Waals surface area contributed by atoms with E-state index in [9.17, 15) is 9.59 Å². The van der Waals surface area contributed by atoms with Gasteiger partial charge in [0.15, 0.2) is 4.77 Å². The third kappa shape index (κ3) is 5.59. The molecule has 2 N–H and O–H groups in total. The number of hydrogen-bond acceptors (Lipinski definition) is 5. The van der Waals surface area contributed by atoms with Gasteiger partial charge in [0, 0.05) is 31.5 Å². The Hall–Kier alpha value is -3.75. The van der Waals surface area contributed by atoms with E-state index < -0.39 is 0 Å². The lowest BCUT2D eigenvalue weighted by atomic mass is 10.1. The van der Waals surface area contributed by atoms with Gasteiger partial charge in [-0.1, -0.05) is 30.3 Å². The SMILES string of the molecule is COCCCn1c(=S)[nH]c2cc(C(=O)Nc3ccc(OCc4ccccc4)cc3)ccc2c1=O. The number of fused-ring (bicyclic) bond motifs is 1. The van der Waals surface area contributed by atoms with Crippen LogP contribution in [0.25, 0.3) is 10.9 Å². The zero-order chi connectivity index (χ0) is 23.9. The van der Waals surface area contributed by atoms with Gasteiger partial charge in [-0.2, -0.15) is 0 Å². The monoisotopic (exact) mass is 475 g/mol. The Morgan fingerprint density at radius 3 is 2.56 bits per heavy atom. The van der Waals surface area contributed by atoms with Crippen LogP contribution in [0.4, 0.5) is 5.69 Å². The van der Waals surface area contributed by atoms with Gasteiger partial charge in [-0.25, -0.2) is 0 Å². The molecule has 1 amide bonds. The summed E-state index contributed by atoms with van der Waals surface area (Å²) in [5, 5.41) is 3.34. The second-order valence-electron chi connectivity index (χ2n) is 7.75. The molecule has 7 nitrogen and oxygen atoms in total. The quantitative estimate of drug-likeness (QED) is 0.265. The summed E-state index contributed by atoms with van der Waals surface area (Å²) in [4.78, 5) is 28.7. The second kappa shape index (κ2) is 10.9. The largest absolute Gasteiger partial charge is 0.489 e. The molecule has 1 aromatic heterocycles. The summed E-state index contributed by atoms with van der Waals surface area (Å²) in [6, 6.07) is 22.0. The number of hydrogen-bond donors (Lipinski definition) is 2. The van der Waals surface area contributed by atoms with E-state index in [1.807, 2.05) is 42.5 Å². The van der Waals surface area contributed by atoms with Crippen molar-refractivity contribution >= 4 is 34.7 Å². The van der Waals surface area contributed by atoms with Gasteiger partial charge >= 0.3 is 0 Å². The lowest BCUT2D eigenvalue weighted by Gasteiger charge is -2.10. The molecule has 0 radical (unpaired) electrons. The predicted molar refractivity (Wildman–Crippen MR) is 135 cm³/mol. The Labute approximate surface area is 202 Å². The van der Waals surface area contributed by atoms with Crippen LogP contribution in [0.5, 0.6) is 5.75 Å². The van der Waals surface area contributed by atoms with Crippen LogP contribution in [-0.4, -0.2) is 29.2 Å². The third-order valence-electron chi connectivity index (χ3n) is 5.33. The average molecular weight is 476 g/mol. The lowest BCUT2D eigenvalue weighted by molar-refractivity contribution is 0.102. The van der Waals surface area contributed by atoms with Crippen molar-refractivity contribution in [1.29, 1.82) is 0 Å². The van der Waals surface area contributed by atoms with Crippen LogP contribution in [0.3, 0.4) is 0 Å². The first-order chi connectivity index (χ1) is 16.5. The molecule has 0 saturated carbocycles. The summed E-state index contributed by atoms with van der Waals surface area (Å²) >= 11 is 5.35. The van der Waals surface area contributed by atoms with Crippen molar-refractivity contribution < 1.29 is 14.3 Å². The Balaban J connectivity index is 1.44. The number of aromatic nitrogens is 2. The molecule has 4 rings (SSSR count). The molecular formula is C26H25N3O4S. The van der Waals surface area contributed by atoms with Gasteiger partial charge in [0.1, 0.15) is 12.4 Å². The molecule has 4 aromatic rings. The topological polar surface area (TPSA) is 85.3 Å². The van der Waals surface area contributed by atoms with E-state index in [2.05, 4.69) is 10.3 Å². The molecule has 0 aliphatic heterocycles. The number of ether oxygens (including phenoxy) is 2. The van der Waals surface area contributed by atoms with Crippen LogP contribution >= 0.6 is 12.2 Å². The van der Waals surface area contributed by atoms with E-state index in [0.29, 0.717) is 58.9 Å². The molecule has 0 fully saturated rings. The molecular weight excluding hydrogens is 450 g/mol. The first-order valence-corrected chi connectivity index (χ1v) is 11.3. The molecule has 0 aliphatic carbocycles. The van der Waals surface area contributed by atoms with Crippen molar-refractivity contribution in [2.24, 2.45) is 0 Å². The van der Waals surface area contributed by atoms with E-state index in [-0.39, 0.29) is 11.5 Å². The minimum atomic E-state index is -0.288. The Bertz CT molecular complexity index is 1400. The maximum Gasteiger partial charge on any atom is 0.262 e. The highest BCUT2D eigenvalue weighted by Crippen LogP contribution is 2.19. The minimum absolute atomic E-state index is 0.187. The Morgan fingerprint density at radius 1 is 1.06 bits per heavy atom. The molecule has 3 aromatic carbocycles. The molecule has 1 heterocycles. The standard InChI is InChI=1S/C26H25N3O4S/c1-32-15-5-14-29-25(31)22-13-8-19(16-23(22)28-26(29)34)24(30)27-20-9-11-21(12-10-20)33-17-18-6-3-2-4-7-18/h2-4,6-13,16H,5,14-15,17H2,1H3,(H,27,30)(H,28,34). The molecule has 0 bridgehead atoms. The van der Waals surface area contributed by atoms with Crippen molar-refractivity contribution in [3.63, 3.8) is 0 Å². The van der Waals surface area contributed by atoms with Crippen molar-refractivity contribution in [2.45, 2.75) is 19.6 Å². The van der Waals surface area contributed by atoms with Crippen molar-refractivity contribution in [1.82, 2.24) is 9.55 Å². The predicted octanol–water partition coefficient (Wildman–Crippen LogP) is 4.93. The average Bonchev–Trinajstić information content (AvgIpc) is 2.86. The minimum Gasteiger partial charge on any atom is -0.489 e. The van der Waals surface area contributed by atoms with Crippen LogP contribution in [-0.2, 0) is 17.9 Å². The molecule has 0 spiro atoms. The van der Waals surface area contributed by atoms with Gasteiger partial charge in [-0.05, 0) is 66.7 Å². The van der Waals surface area contributed by atoms with E-state index in [1.165, 1.54) is 4.57 Å². The zero-order valence-corrected chi connectivity index (χ0v) is 19.6. The Morgan fingerprint density at radius 2 is 1.82 bits per heavy atom. The van der Waals surface area contributed by atoms with Crippen LogP contribution in [0.15, 0.2) is 77.6 Å². The zero-order valence-electron chi connectivity index (χ0n) is 18.7. The number of aromatic amines is 1. The lowest BCUT2D eigenvalue weighted by Crippen LogP contribution is -2.23. The van der Waals surface area contributed by atoms with Crippen LogP contribution in [0.2, 0.25) is 0 Å². The molecule has 0 saturated heterocycles. The highest BCUT2D eigenvalue weighted by molar-refractivity contribution is 7.71. The fraction of sp³-hybridized carbons (Fsp3) is 0.192. The molecule has 8 heteroatoms. The van der Waals surface area contributed by atoms with Gasteiger partial charge in [0.25, 0.3) is 11.5 Å². The maximum atomic E-state index is 12.8. The fourth-order valence-electron chi connectivity index (χ4n) is 3.54. The van der Waals surface area contributed by atoms with Gasteiger partial charge in [-0.15, -0.1) is 0 Å². The number of methoxy groups -OCH3 is 1. The molecule has 0 atom stereocenters. The molecule has 174 valence electrons. The van der Waals surface area contributed by atoms with Gasteiger partial charge in [0.05, 0.1) is 10.9 Å². The van der Waals surface area contributed by atoms with E-state index in [1.54, 1.807) is 37.4 Å². The summed E-state index contributed by atoms with van der Waals surface area (Å²) in [5.41, 5.74) is 2.47. The summed E-state index contributed by atoms with van der Waals surface area (Å²) in [7, 11) is 1.62. The number of rotatable bonds is 9. The highest BCUT2D eigenvalue weighted by Gasteiger charge is 2.11. The fourth-order valence-corrected chi connectivity index (χ4v) is 3.83. The van der Waals surface area contributed by atoms with E-state index in [4.69, 9.17) is 21.7 Å². The summed E-state index contributed by atoms with van der Waals surface area (Å²) in [6.45, 7) is 1.47. The van der Waals surface area contributed by atoms with Gasteiger partial charge in [0.2, 0.25) is 0 Å². The summed E-state index contributed by atoms with van der Waals surface area (Å²) in [5.74, 6) is 0.422. The third-order valence-corrected chi connectivity index (χ3v) is 5.66. The van der Waals surface area contributed by atoms with Gasteiger partial charge < -0.3 is 19.8 Å². The maximum absolute atomic E-state index is 12.8. The van der Waals surface area contributed by atoms with Crippen molar-refractivity contribution in [3.05, 3.63) is 99.0 Å². The normalized spacial score (nSPS) is 10.9.